The number of nitrogens with zero attached hydrogens (tertiary/aromatic N) is 2. The SMILES string of the molecule is O=C(/C=C/c1ccc2c(c1)OCO2)NCc1nc(-c2cccs2)no1. The molecule has 0 atom stereocenters. The molecular weight excluding hydrogens is 342 g/mol. The van der Waals surface area contributed by atoms with Gasteiger partial charge in [-0.1, -0.05) is 17.3 Å². The van der Waals surface area contributed by atoms with E-state index in [0.717, 1.165) is 10.4 Å². The third kappa shape index (κ3) is 3.53. The zero-order chi connectivity index (χ0) is 17.1. The van der Waals surface area contributed by atoms with E-state index in [1.54, 1.807) is 6.08 Å². The topological polar surface area (TPSA) is 86.5 Å². The van der Waals surface area contributed by atoms with Crippen LogP contribution in [-0.4, -0.2) is 22.8 Å². The van der Waals surface area contributed by atoms with Gasteiger partial charge in [-0.2, -0.15) is 4.98 Å². The molecule has 0 radical (unpaired) electrons. The predicted molar refractivity (Wildman–Crippen MR) is 91.1 cm³/mol. The number of hydrogen-bond donors (Lipinski definition) is 1. The van der Waals surface area contributed by atoms with Crippen LogP contribution in [0.3, 0.4) is 0 Å². The molecule has 4 rings (SSSR count). The zero-order valence-electron chi connectivity index (χ0n) is 13.0. The normalized spacial score (nSPS) is 12.6. The van der Waals surface area contributed by atoms with Crippen LogP contribution in [0.25, 0.3) is 16.8 Å². The molecule has 1 amide bonds. The fourth-order valence-corrected chi connectivity index (χ4v) is 2.89. The summed E-state index contributed by atoms with van der Waals surface area (Å²) < 4.78 is 15.7. The Morgan fingerprint density at radius 3 is 3.08 bits per heavy atom. The molecule has 0 unspecified atom stereocenters. The van der Waals surface area contributed by atoms with Gasteiger partial charge in [-0.15, -0.1) is 11.3 Å². The third-order valence-corrected chi connectivity index (χ3v) is 4.31. The van der Waals surface area contributed by atoms with E-state index in [9.17, 15) is 4.79 Å². The summed E-state index contributed by atoms with van der Waals surface area (Å²) in [5, 5.41) is 8.54. The first kappa shape index (κ1) is 15.4. The van der Waals surface area contributed by atoms with E-state index in [4.69, 9.17) is 14.0 Å². The Kier molecular flexibility index (Phi) is 4.17. The molecule has 8 heteroatoms. The molecule has 0 saturated carbocycles. The summed E-state index contributed by atoms with van der Waals surface area (Å²) in [4.78, 5) is 17.1. The van der Waals surface area contributed by atoms with E-state index in [-0.39, 0.29) is 19.2 Å². The monoisotopic (exact) mass is 355 g/mol. The molecule has 0 spiro atoms. The maximum Gasteiger partial charge on any atom is 0.246 e. The number of amides is 1. The van der Waals surface area contributed by atoms with Crippen molar-refractivity contribution >= 4 is 23.3 Å². The van der Waals surface area contributed by atoms with Crippen molar-refractivity contribution < 1.29 is 18.8 Å². The number of nitrogens with one attached hydrogen (secondary N) is 1. The van der Waals surface area contributed by atoms with E-state index < -0.39 is 0 Å². The largest absolute Gasteiger partial charge is 0.454 e. The lowest BCUT2D eigenvalue weighted by atomic mass is 10.2. The van der Waals surface area contributed by atoms with Crippen molar-refractivity contribution in [1.29, 1.82) is 0 Å². The van der Waals surface area contributed by atoms with Gasteiger partial charge in [0.2, 0.25) is 24.4 Å². The van der Waals surface area contributed by atoms with Crippen molar-refractivity contribution in [3.8, 4) is 22.2 Å². The first-order valence-electron chi connectivity index (χ1n) is 7.50. The van der Waals surface area contributed by atoms with Gasteiger partial charge in [-0.3, -0.25) is 4.79 Å². The number of fused-ring (bicyclic) bond motifs is 1. The summed E-state index contributed by atoms with van der Waals surface area (Å²) in [5.41, 5.74) is 0.845. The summed E-state index contributed by atoms with van der Waals surface area (Å²) in [6.45, 7) is 0.392. The Bertz CT molecular complexity index is 918. The van der Waals surface area contributed by atoms with Gasteiger partial charge in [0.25, 0.3) is 0 Å². The van der Waals surface area contributed by atoms with Crippen LogP contribution in [0.4, 0.5) is 0 Å². The number of ether oxygens (including phenoxy) is 2. The van der Waals surface area contributed by atoms with Gasteiger partial charge in [0.05, 0.1) is 11.4 Å². The van der Waals surface area contributed by atoms with E-state index in [1.165, 1.54) is 17.4 Å². The minimum absolute atomic E-state index is 0.169. The van der Waals surface area contributed by atoms with Crippen LogP contribution in [0, 0.1) is 0 Å². The Balaban J connectivity index is 1.33. The number of benzene rings is 1. The van der Waals surface area contributed by atoms with Crippen LogP contribution in [0.15, 0.2) is 46.3 Å². The zero-order valence-corrected chi connectivity index (χ0v) is 13.8. The summed E-state index contributed by atoms with van der Waals surface area (Å²) in [6, 6.07) is 9.30. The highest BCUT2D eigenvalue weighted by Gasteiger charge is 2.12. The maximum absolute atomic E-state index is 11.9. The highest BCUT2D eigenvalue weighted by atomic mass is 32.1. The molecule has 0 fully saturated rings. The fourth-order valence-electron chi connectivity index (χ4n) is 2.24. The van der Waals surface area contributed by atoms with E-state index in [1.807, 2.05) is 35.7 Å². The summed E-state index contributed by atoms with van der Waals surface area (Å²) in [7, 11) is 0. The second kappa shape index (κ2) is 6.78. The van der Waals surface area contributed by atoms with Crippen molar-refractivity contribution in [2.24, 2.45) is 0 Å². The Morgan fingerprint density at radius 1 is 1.28 bits per heavy atom. The van der Waals surface area contributed by atoms with Crippen LogP contribution in [0.1, 0.15) is 11.5 Å². The molecule has 126 valence electrons. The van der Waals surface area contributed by atoms with E-state index in [2.05, 4.69) is 15.5 Å². The molecule has 3 aromatic rings. The Labute approximate surface area is 146 Å². The number of carbonyl (C=O) groups excluding carboxylic acids is 1. The van der Waals surface area contributed by atoms with E-state index >= 15 is 0 Å². The predicted octanol–water partition coefficient (Wildman–Crippen LogP) is 2.86. The van der Waals surface area contributed by atoms with Crippen LogP contribution in [0.2, 0.25) is 0 Å². The van der Waals surface area contributed by atoms with Gasteiger partial charge in [-0.05, 0) is 35.2 Å². The molecule has 0 saturated heterocycles. The molecule has 0 bridgehead atoms. The lowest BCUT2D eigenvalue weighted by Gasteiger charge is -1.99. The summed E-state index contributed by atoms with van der Waals surface area (Å²) in [6.07, 6.45) is 3.14. The minimum Gasteiger partial charge on any atom is -0.454 e. The van der Waals surface area contributed by atoms with Crippen molar-refractivity contribution in [1.82, 2.24) is 15.5 Å². The molecule has 7 nitrogen and oxygen atoms in total. The van der Waals surface area contributed by atoms with Crippen molar-refractivity contribution in [3.05, 3.63) is 53.2 Å². The molecule has 1 aromatic carbocycles. The second-order valence-corrected chi connectivity index (χ2v) is 6.10. The number of rotatable bonds is 5. The molecule has 0 aliphatic carbocycles. The van der Waals surface area contributed by atoms with Crippen LogP contribution in [0.5, 0.6) is 11.5 Å². The van der Waals surface area contributed by atoms with Crippen molar-refractivity contribution in [3.63, 3.8) is 0 Å². The second-order valence-electron chi connectivity index (χ2n) is 5.15. The van der Waals surface area contributed by atoms with Crippen molar-refractivity contribution in [2.45, 2.75) is 6.54 Å². The maximum atomic E-state index is 11.9. The minimum atomic E-state index is -0.256. The van der Waals surface area contributed by atoms with Gasteiger partial charge in [0, 0.05) is 6.08 Å². The molecule has 25 heavy (non-hydrogen) atoms. The van der Waals surface area contributed by atoms with Gasteiger partial charge in [-0.25, -0.2) is 0 Å². The molecular formula is C17H13N3O4S. The van der Waals surface area contributed by atoms with Crippen LogP contribution >= 0.6 is 11.3 Å². The fraction of sp³-hybridized carbons (Fsp3) is 0.118. The Morgan fingerprint density at radius 2 is 2.20 bits per heavy atom. The quantitative estimate of drug-likeness (QED) is 0.708. The molecule has 3 heterocycles. The highest BCUT2D eigenvalue weighted by Crippen LogP contribution is 2.32. The first-order valence-corrected chi connectivity index (χ1v) is 8.38. The molecule has 2 aromatic heterocycles. The van der Waals surface area contributed by atoms with Crippen LogP contribution in [-0.2, 0) is 11.3 Å². The average Bonchev–Trinajstić information content (AvgIpc) is 3.38. The number of carbonyl (C=O) groups is 1. The lowest BCUT2D eigenvalue weighted by molar-refractivity contribution is -0.116. The van der Waals surface area contributed by atoms with Gasteiger partial charge >= 0.3 is 0 Å². The smallest absolute Gasteiger partial charge is 0.246 e. The van der Waals surface area contributed by atoms with Crippen LogP contribution < -0.4 is 14.8 Å². The molecule has 1 N–H and O–H groups in total. The third-order valence-electron chi connectivity index (χ3n) is 3.45. The lowest BCUT2D eigenvalue weighted by Crippen LogP contribution is -2.20. The molecule has 1 aliphatic rings. The number of aromatic nitrogens is 2. The summed E-state index contributed by atoms with van der Waals surface area (Å²) >= 11 is 1.53. The number of thiophene rings is 1. The Hall–Kier alpha value is -3.13. The first-order chi connectivity index (χ1) is 12.3. The van der Waals surface area contributed by atoms with Crippen molar-refractivity contribution in [2.75, 3.05) is 6.79 Å². The average molecular weight is 355 g/mol. The standard InChI is InChI=1S/C17H13N3O4S/c21-15(6-4-11-3-5-12-13(8-11)23-10-22-12)18-9-16-19-17(20-24-16)14-2-1-7-25-14/h1-8H,9-10H2,(H,18,21)/b6-4+. The highest BCUT2D eigenvalue weighted by molar-refractivity contribution is 7.13. The van der Waals surface area contributed by atoms with E-state index in [0.29, 0.717) is 23.2 Å². The summed E-state index contributed by atoms with van der Waals surface area (Å²) in [5.74, 6) is 2.01. The number of hydrogen-bond acceptors (Lipinski definition) is 7. The van der Waals surface area contributed by atoms with Gasteiger partial charge in [0.15, 0.2) is 11.5 Å². The van der Waals surface area contributed by atoms with Gasteiger partial charge < -0.3 is 19.3 Å². The molecule has 1 aliphatic heterocycles. The van der Waals surface area contributed by atoms with Gasteiger partial charge in [0.1, 0.15) is 0 Å².